The molecule has 0 fully saturated rings. The molecular formula is C21H20F3N5O3. The molecule has 8 nitrogen and oxygen atoms in total. The van der Waals surface area contributed by atoms with Gasteiger partial charge in [0.1, 0.15) is 19.8 Å². The van der Waals surface area contributed by atoms with E-state index in [1.54, 1.807) is 32.3 Å². The molecule has 3 aromatic rings. The molecule has 4 rings (SSSR count). The monoisotopic (exact) mass is 447 g/mol. The lowest BCUT2D eigenvalue weighted by Crippen LogP contribution is -2.27. The van der Waals surface area contributed by atoms with Crippen molar-refractivity contribution in [2.45, 2.75) is 12.7 Å². The van der Waals surface area contributed by atoms with E-state index in [0.717, 1.165) is 12.1 Å². The standard InChI is InChI=1S/C21H20F3N5O3/c1-28(2)18(30)12-29-19(13-6-7-16-17(10-13)32-9-8-31-16)26-20(27-29)25-15-5-3-4-14(11-15)21(22,23)24/h3-7,10-11H,8-9,12H2,1-2H3,(H,25,27). The summed E-state index contributed by atoms with van der Waals surface area (Å²) in [5.41, 5.74) is -0.00758. The van der Waals surface area contributed by atoms with Gasteiger partial charge in [0.15, 0.2) is 17.3 Å². The van der Waals surface area contributed by atoms with Crippen molar-refractivity contribution in [3.63, 3.8) is 0 Å². The minimum Gasteiger partial charge on any atom is -0.486 e. The summed E-state index contributed by atoms with van der Waals surface area (Å²) in [6.07, 6.45) is -4.47. The zero-order valence-corrected chi connectivity index (χ0v) is 17.3. The number of amides is 1. The van der Waals surface area contributed by atoms with Crippen LogP contribution < -0.4 is 14.8 Å². The molecule has 11 heteroatoms. The molecule has 1 aromatic heterocycles. The average molecular weight is 447 g/mol. The van der Waals surface area contributed by atoms with Gasteiger partial charge >= 0.3 is 6.18 Å². The van der Waals surface area contributed by atoms with Crippen LogP contribution in [0.1, 0.15) is 5.56 Å². The second kappa shape index (κ2) is 8.40. The van der Waals surface area contributed by atoms with E-state index in [4.69, 9.17) is 9.47 Å². The Morgan fingerprint density at radius 3 is 2.59 bits per heavy atom. The van der Waals surface area contributed by atoms with Gasteiger partial charge in [-0.15, -0.1) is 5.10 Å². The first-order chi connectivity index (χ1) is 15.2. The maximum Gasteiger partial charge on any atom is 0.416 e. The Labute approximate surface area is 181 Å². The van der Waals surface area contributed by atoms with Crippen molar-refractivity contribution in [2.75, 3.05) is 32.6 Å². The van der Waals surface area contributed by atoms with E-state index in [1.807, 2.05) is 0 Å². The van der Waals surface area contributed by atoms with Crippen molar-refractivity contribution >= 4 is 17.5 Å². The third kappa shape index (κ3) is 4.61. The van der Waals surface area contributed by atoms with E-state index < -0.39 is 11.7 Å². The predicted molar refractivity (Wildman–Crippen MR) is 110 cm³/mol. The number of halogens is 3. The molecule has 32 heavy (non-hydrogen) atoms. The number of ether oxygens (including phenoxy) is 2. The fraction of sp³-hybridized carbons (Fsp3) is 0.286. The molecule has 0 saturated carbocycles. The summed E-state index contributed by atoms with van der Waals surface area (Å²) < 4.78 is 51.6. The maximum atomic E-state index is 13.0. The van der Waals surface area contributed by atoms with Gasteiger partial charge in [0.2, 0.25) is 11.9 Å². The minimum absolute atomic E-state index is 0.0563. The number of fused-ring (bicyclic) bond motifs is 1. The zero-order chi connectivity index (χ0) is 22.9. The van der Waals surface area contributed by atoms with Crippen molar-refractivity contribution in [2.24, 2.45) is 0 Å². The summed E-state index contributed by atoms with van der Waals surface area (Å²) in [5.74, 6) is 1.32. The summed E-state index contributed by atoms with van der Waals surface area (Å²) in [6.45, 7) is 0.754. The molecule has 168 valence electrons. The topological polar surface area (TPSA) is 81.5 Å². The van der Waals surface area contributed by atoms with E-state index in [2.05, 4.69) is 15.4 Å². The van der Waals surface area contributed by atoms with E-state index >= 15 is 0 Å². The Kier molecular flexibility index (Phi) is 5.64. The number of hydrogen-bond acceptors (Lipinski definition) is 6. The second-order valence-corrected chi connectivity index (χ2v) is 7.27. The molecule has 2 aromatic carbocycles. The van der Waals surface area contributed by atoms with Gasteiger partial charge in [-0.25, -0.2) is 4.68 Å². The van der Waals surface area contributed by atoms with Gasteiger partial charge in [0.25, 0.3) is 0 Å². The summed E-state index contributed by atoms with van der Waals surface area (Å²) in [7, 11) is 3.23. The highest BCUT2D eigenvalue weighted by molar-refractivity contribution is 5.76. The van der Waals surface area contributed by atoms with Crippen molar-refractivity contribution in [1.82, 2.24) is 19.7 Å². The van der Waals surface area contributed by atoms with E-state index in [1.165, 1.54) is 21.7 Å². The van der Waals surface area contributed by atoms with Gasteiger partial charge in [-0.2, -0.15) is 18.2 Å². The molecule has 0 spiro atoms. The Balaban J connectivity index is 1.69. The minimum atomic E-state index is -4.47. The summed E-state index contributed by atoms with van der Waals surface area (Å²) in [6, 6.07) is 9.93. The number of likely N-dealkylation sites (N-methyl/N-ethyl adjacent to an activating group) is 1. The number of benzene rings is 2. The van der Waals surface area contributed by atoms with E-state index in [0.29, 0.717) is 36.1 Å². The highest BCUT2D eigenvalue weighted by Crippen LogP contribution is 2.35. The van der Waals surface area contributed by atoms with E-state index in [9.17, 15) is 18.0 Å². The molecule has 1 N–H and O–H groups in total. The van der Waals surface area contributed by atoms with Crippen LogP contribution in [-0.4, -0.2) is 52.9 Å². The van der Waals surface area contributed by atoms with Crippen LogP contribution in [-0.2, 0) is 17.5 Å². The highest BCUT2D eigenvalue weighted by atomic mass is 19.4. The Morgan fingerprint density at radius 1 is 1.12 bits per heavy atom. The molecular weight excluding hydrogens is 427 g/mol. The van der Waals surface area contributed by atoms with Gasteiger partial charge in [0, 0.05) is 25.3 Å². The number of alkyl halides is 3. The molecule has 1 aliphatic rings. The molecule has 0 bridgehead atoms. The molecule has 0 unspecified atom stereocenters. The Bertz CT molecular complexity index is 1140. The second-order valence-electron chi connectivity index (χ2n) is 7.27. The Hall–Kier alpha value is -3.76. The van der Waals surface area contributed by atoms with Crippen molar-refractivity contribution in [3.05, 3.63) is 48.0 Å². The number of nitrogens with one attached hydrogen (secondary N) is 1. The number of hydrogen-bond donors (Lipinski definition) is 1. The first-order valence-electron chi connectivity index (χ1n) is 9.70. The van der Waals surface area contributed by atoms with Gasteiger partial charge in [-0.1, -0.05) is 6.07 Å². The van der Waals surface area contributed by atoms with Crippen LogP contribution in [0, 0.1) is 0 Å². The average Bonchev–Trinajstić information content (AvgIpc) is 3.14. The molecule has 0 radical (unpaired) electrons. The van der Waals surface area contributed by atoms with Crippen molar-refractivity contribution in [1.29, 1.82) is 0 Å². The zero-order valence-electron chi connectivity index (χ0n) is 17.3. The van der Waals surface area contributed by atoms with Crippen molar-refractivity contribution in [3.8, 4) is 22.9 Å². The molecule has 1 amide bonds. The SMILES string of the molecule is CN(C)C(=O)Cn1nc(Nc2cccc(C(F)(F)F)c2)nc1-c1ccc2c(c1)OCCO2. The highest BCUT2D eigenvalue weighted by Gasteiger charge is 2.30. The predicted octanol–water partition coefficient (Wildman–Crippen LogP) is 3.57. The van der Waals surface area contributed by atoms with Gasteiger partial charge < -0.3 is 19.7 Å². The van der Waals surface area contributed by atoms with Crippen LogP contribution in [0.15, 0.2) is 42.5 Å². The summed E-state index contributed by atoms with van der Waals surface area (Å²) in [5, 5.41) is 7.09. The third-order valence-corrected chi connectivity index (χ3v) is 4.70. The molecule has 0 atom stereocenters. The van der Waals surface area contributed by atoms with Crippen LogP contribution >= 0.6 is 0 Å². The summed E-state index contributed by atoms with van der Waals surface area (Å²) in [4.78, 5) is 18.1. The van der Waals surface area contributed by atoms with Crippen LogP contribution in [0.25, 0.3) is 11.4 Å². The van der Waals surface area contributed by atoms with Gasteiger partial charge in [-0.3, -0.25) is 4.79 Å². The summed E-state index contributed by atoms with van der Waals surface area (Å²) >= 11 is 0. The first-order valence-corrected chi connectivity index (χ1v) is 9.70. The van der Waals surface area contributed by atoms with Crippen LogP contribution in [0.3, 0.4) is 0 Å². The number of rotatable bonds is 5. The fourth-order valence-electron chi connectivity index (χ4n) is 3.07. The number of anilines is 2. The first kappa shape index (κ1) is 21.5. The quantitative estimate of drug-likeness (QED) is 0.644. The van der Waals surface area contributed by atoms with Gasteiger partial charge in [0.05, 0.1) is 5.56 Å². The number of nitrogens with zero attached hydrogens (tertiary/aromatic N) is 4. The molecule has 2 heterocycles. The van der Waals surface area contributed by atoms with Crippen LogP contribution in [0.5, 0.6) is 11.5 Å². The fourth-order valence-corrected chi connectivity index (χ4v) is 3.07. The van der Waals surface area contributed by atoms with Crippen LogP contribution in [0.2, 0.25) is 0 Å². The Morgan fingerprint density at radius 2 is 1.88 bits per heavy atom. The lowest BCUT2D eigenvalue weighted by atomic mass is 10.2. The normalized spacial score (nSPS) is 13.0. The number of carbonyl (C=O) groups is 1. The van der Waals surface area contributed by atoms with Crippen molar-refractivity contribution < 1.29 is 27.4 Å². The maximum absolute atomic E-state index is 13.0. The molecule has 0 aliphatic carbocycles. The lowest BCUT2D eigenvalue weighted by molar-refractivity contribution is -0.137. The number of carbonyl (C=O) groups excluding carboxylic acids is 1. The number of aromatic nitrogens is 3. The lowest BCUT2D eigenvalue weighted by Gasteiger charge is -2.18. The van der Waals surface area contributed by atoms with Gasteiger partial charge in [-0.05, 0) is 36.4 Å². The van der Waals surface area contributed by atoms with E-state index in [-0.39, 0.29) is 24.1 Å². The molecule has 1 aliphatic heterocycles. The third-order valence-electron chi connectivity index (χ3n) is 4.70. The largest absolute Gasteiger partial charge is 0.486 e. The molecule has 0 saturated heterocycles. The smallest absolute Gasteiger partial charge is 0.416 e. The van der Waals surface area contributed by atoms with Crippen LogP contribution in [0.4, 0.5) is 24.8 Å².